The Morgan fingerprint density at radius 3 is 2.58 bits per heavy atom. The molecule has 4 nitrogen and oxygen atoms in total. The molecule has 0 aliphatic rings. The summed E-state index contributed by atoms with van der Waals surface area (Å²) in [6, 6.07) is 12.0. The van der Waals surface area contributed by atoms with Crippen molar-refractivity contribution < 1.29 is 13.6 Å². The van der Waals surface area contributed by atoms with Gasteiger partial charge in [-0.3, -0.25) is 4.79 Å². The molecule has 0 unspecified atom stereocenters. The van der Waals surface area contributed by atoms with Gasteiger partial charge in [-0.05, 0) is 66.2 Å². The molecule has 4 rings (SSSR count). The van der Waals surface area contributed by atoms with E-state index in [1.165, 1.54) is 29.8 Å². The van der Waals surface area contributed by atoms with Gasteiger partial charge in [0.1, 0.15) is 11.5 Å². The zero-order valence-corrected chi connectivity index (χ0v) is 18.1. The van der Waals surface area contributed by atoms with Crippen molar-refractivity contribution in [3.05, 3.63) is 88.7 Å². The van der Waals surface area contributed by atoms with E-state index in [9.17, 15) is 9.18 Å². The lowest BCUT2D eigenvalue weighted by Crippen LogP contribution is -2.09. The second-order valence-electron chi connectivity index (χ2n) is 7.65. The van der Waals surface area contributed by atoms with Crippen molar-refractivity contribution in [2.45, 2.75) is 31.6 Å². The van der Waals surface area contributed by atoms with Crippen LogP contribution in [-0.2, 0) is 0 Å². The summed E-state index contributed by atoms with van der Waals surface area (Å²) >= 11 is 1.20. The summed E-state index contributed by atoms with van der Waals surface area (Å²) < 4.78 is 32.6. The minimum absolute atomic E-state index is 0.0387. The minimum atomic E-state index is -0.925. The van der Waals surface area contributed by atoms with Crippen LogP contribution in [0.25, 0.3) is 11.0 Å². The molecule has 158 valence electrons. The number of hydrogen-bond acceptors (Lipinski definition) is 4. The highest BCUT2D eigenvalue weighted by molar-refractivity contribution is 8.00. The average Bonchev–Trinajstić information content (AvgIpc) is 3.16. The number of benzene rings is 2. The average molecular weight is 438 g/mol. The number of ketones is 1. The van der Waals surface area contributed by atoms with Crippen LogP contribution in [0.2, 0.25) is 0 Å². The van der Waals surface area contributed by atoms with Crippen molar-refractivity contribution in [2.75, 3.05) is 4.72 Å². The molecule has 0 atom stereocenters. The lowest BCUT2D eigenvalue weighted by Gasteiger charge is -2.11. The van der Waals surface area contributed by atoms with Crippen molar-refractivity contribution >= 4 is 34.5 Å². The molecule has 7 heteroatoms. The molecule has 0 bridgehead atoms. The molecule has 0 saturated heterocycles. The Balaban J connectivity index is 1.62. The van der Waals surface area contributed by atoms with E-state index >= 15 is 4.39 Å². The van der Waals surface area contributed by atoms with Gasteiger partial charge in [0.05, 0.1) is 11.3 Å². The third-order valence-electron chi connectivity index (χ3n) is 5.06. The zero-order valence-electron chi connectivity index (χ0n) is 17.3. The summed E-state index contributed by atoms with van der Waals surface area (Å²) in [5, 5.41) is 0.529. The van der Waals surface area contributed by atoms with Crippen molar-refractivity contribution in [1.82, 2.24) is 9.97 Å². The van der Waals surface area contributed by atoms with Crippen molar-refractivity contribution in [1.29, 1.82) is 0 Å². The van der Waals surface area contributed by atoms with Gasteiger partial charge in [0.2, 0.25) is 5.78 Å². The first kappa shape index (κ1) is 21.1. The van der Waals surface area contributed by atoms with Gasteiger partial charge in [0, 0.05) is 28.2 Å². The zero-order chi connectivity index (χ0) is 22.1. The van der Waals surface area contributed by atoms with E-state index < -0.39 is 23.0 Å². The number of hydrogen-bond donors (Lipinski definition) is 2. The van der Waals surface area contributed by atoms with Crippen LogP contribution in [0.3, 0.4) is 0 Å². The SMILES string of the molecule is Cc1cnc2[nH]cc(C(=O)c3c(F)ccc(NSc4ccc(C(C)C)cc4)c3F)c2c1. The molecule has 2 heterocycles. The van der Waals surface area contributed by atoms with E-state index in [1.807, 2.05) is 31.2 Å². The number of carbonyl (C=O) groups is 1. The predicted octanol–water partition coefficient (Wildman–Crippen LogP) is 6.62. The van der Waals surface area contributed by atoms with Crippen molar-refractivity contribution in [3.63, 3.8) is 0 Å². The Morgan fingerprint density at radius 1 is 1.13 bits per heavy atom. The van der Waals surface area contributed by atoms with Gasteiger partial charge in [-0.1, -0.05) is 26.0 Å². The Kier molecular flexibility index (Phi) is 5.78. The lowest BCUT2D eigenvalue weighted by atomic mass is 10.0. The fraction of sp³-hybridized carbons (Fsp3) is 0.167. The maximum atomic E-state index is 15.2. The van der Waals surface area contributed by atoms with Gasteiger partial charge in [-0.25, -0.2) is 13.8 Å². The fourth-order valence-corrected chi connectivity index (χ4v) is 3.96. The number of pyridine rings is 1. The van der Waals surface area contributed by atoms with Crippen molar-refractivity contribution in [3.8, 4) is 0 Å². The summed E-state index contributed by atoms with van der Waals surface area (Å²) in [6.07, 6.45) is 3.09. The maximum absolute atomic E-state index is 15.2. The smallest absolute Gasteiger partial charge is 0.201 e. The second kappa shape index (κ2) is 8.51. The lowest BCUT2D eigenvalue weighted by molar-refractivity contribution is 0.103. The Hall–Kier alpha value is -3.19. The molecule has 2 aromatic carbocycles. The van der Waals surface area contributed by atoms with Crippen LogP contribution in [-0.4, -0.2) is 15.8 Å². The van der Waals surface area contributed by atoms with Crippen LogP contribution in [0.15, 0.2) is 59.8 Å². The third-order valence-corrected chi connectivity index (χ3v) is 5.89. The summed E-state index contributed by atoms with van der Waals surface area (Å²) in [7, 11) is 0. The van der Waals surface area contributed by atoms with Crippen LogP contribution in [0.4, 0.5) is 14.5 Å². The number of anilines is 1. The second-order valence-corrected chi connectivity index (χ2v) is 8.53. The number of carbonyl (C=O) groups excluding carboxylic acids is 1. The van der Waals surface area contributed by atoms with E-state index in [1.54, 1.807) is 12.3 Å². The number of rotatable bonds is 6. The molecule has 4 aromatic rings. The molecule has 0 amide bonds. The van der Waals surface area contributed by atoms with Crippen LogP contribution < -0.4 is 4.72 Å². The van der Waals surface area contributed by atoms with Gasteiger partial charge in [-0.2, -0.15) is 0 Å². The first-order chi connectivity index (χ1) is 14.8. The quantitative estimate of drug-likeness (QED) is 0.263. The summed E-state index contributed by atoms with van der Waals surface area (Å²) in [5.74, 6) is -2.15. The highest BCUT2D eigenvalue weighted by Gasteiger charge is 2.24. The molecule has 0 spiro atoms. The monoisotopic (exact) mass is 437 g/mol. The molecule has 2 N–H and O–H groups in total. The molecule has 31 heavy (non-hydrogen) atoms. The Bertz CT molecular complexity index is 1270. The third kappa shape index (κ3) is 4.18. The van der Waals surface area contributed by atoms with Gasteiger partial charge in [-0.15, -0.1) is 0 Å². The molecule has 0 saturated carbocycles. The van der Waals surface area contributed by atoms with E-state index in [0.717, 1.165) is 16.5 Å². The number of aryl methyl sites for hydroxylation is 1. The van der Waals surface area contributed by atoms with Gasteiger partial charge >= 0.3 is 0 Å². The Morgan fingerprint density at radius 2 is 1.87 bits per heavy atom. The van der Waals surface area contributed by atoms with Crippen LogP contribution in [0, 0.1) is 18.6 Å². The van der Waals surface area contributed by atoms with E-state index in [2.05, 4.69) is 28.5 Å². The van der Waals surface area contributed by atoms with Crippen LogP contribution in [0.5, 0.6) is 0 Å². The first-order valence-electron chi connectivity index (χ1n) is 9.84. The van der Waals surface area contributed by atoms with Crippen molar-refractivity contribution in [2.24, 2.45) is 0 Å². The molecule has 2 aromatic heterocycles. The molecule has 0 radical (unpaired) electrons. The van der Waals surface area contributed by atoms with Gasteiger partial charge in [0.25, 0.3) is 0 Å². The maximum Gasteiger partial charge on any atom is 0.201 e. The number of H-pyrrole nitrogens is 1. The Labute approximate surface area is 183 Å². The molecule has 0 aliphatic carbocycles. The number of nitrogens with one attached hydrogen (secondary N) is 2. The summed E-state index contributed by atoms with van der Waals surface area (Å²) in [4.78, 5) is 21.0. The molecule has 0 fully saturated rings. The van der Waals surface area contributed by atoms with Crippen LogP contribution in [0.1, 0.15) is 46.8 Å². The summed E-state index contributed by atoms with van der Waals surface area (Å²) in [6.45, 7) is 6.06. The number of halogens is 2. The number of fused-ring (bicyclic) bond motifs is 1. The molecule has 0 aliphatic heterocycles. The predicted molar refractivity (Wildman–Crippen MR) is 121 cm³/mol. The minimum Gasteiger partial charge on any atom is -0.345 e. The number of aromatic amines is 1. The summed E-state index contributed by atoms with van der Waals surface area (Å²) in [5.41, 5.74) is 2.16. The largest absolute Gasteiger partial charge is 0.345 e. The highest BCUT2D eigenvalue weighted by atomic mass is 32.2. The molecular formula is C24H21F2N3OS. The number of nitrogens with zero attached hydrogens (tertiary/aromatic N) is 1. The topological polar surface area (TPSA) is 57.8 Å². The van der Waals surface area contributed by atoms with Gasteiger partial charge < -0.3 is 9.71 Å². The molecular weight excluding hydrogens is 416 g/mol. The standard InChI is InChI=1S/C24H21F2N3OS/c1-13(2)15-4-6-16(7-5-15)31-29-20-9-8-19(25)21(22(20)26)23(30)18-12-28-24-17(18)10-14(3)11-27-24/h4-13,29H,1-3H3,(H,27,28). The highest BCUT2D eigenvalue weighted by Crippen LogP contribution is 2.30. The first-order valence-corrected chi connectivity index (χ1v) is 10.7. The fourth-order valence-electron chi connectivity index (χ4n) is 3.30. The van der Waals surface area contributed by atoms with E-state index in [-0.39, 0.29) is 11.3 Å². The number of aromatic nitrogens is 2. The van der Waals surface area contributed by atoms with E-state index in [0.29, 0.717) is 17.0 Å². The van der Waals surface area contributed by atoms with E-state index in [4.69, 9.17) is 0 Å². The van der Waals surface area contributed by atoms with Gasteiger partial charge in [0.15, 0.2) is 5.82 Å². The van der Waals surface area contributed by atoms with Crippen LogP contribution >= 0.6 is 11.9 Å². The normalized spacial score (nSPS) is 11.3.